The van der Waals surface area contributed by atoms with Gasteiger partial charge >= 0.3 is 6.18 Å². The van der Waals surface area contributed by atoms with E-state index >= 15 is 0 Å². The van der Waals surface area contributed by atoms with Gasteiger partial charge in [0.1, 0.15) is 17.4 Å². The number of methoxy groups -OCH3 is 1. The van der Waals surface area contributed by atoms with E-state index in [1.807, 2.05) is 12.1 Å². The molecule has 12 heteroatoms. The fourth-order valence-electron chi connectivity index (χ4n) is 4.04. The zero-order valence-corrected chi connectivity index (χ0v) is 19.3. The Bertz CT molecular complexity index is 1260. The summed E-state index contributed by atoms with van der Waals surface area (Å²) in [6, 6.07) is 5.57. The number of rotatable bonds is 6. The highest BCUT2D eigenvalue weighted by molar-refractivity contribution is 5.97. The van der Waals surface area contributed by atoms with Gasteiger partial charge in [0.2, 0.25) is 0 Å². The van der Waals surface area contributed by atoms with Crippen LogP contribution in [-0.4, -0.2) is 48.3 Å². The van der Waals surface area contributed by atoms with Crippen LogP contribution in [0.25, 0.3) is 10.9 Å². The number of hydrogen-bond donors (Lipinski definition) is 1. The van der Waals surface area contributed by atoms with Gasteiger partial charge < -0.3 is 19.7 Å². The molecule has 2 heterocycles. The molecule has 1 atom stereocenters. The van der Waals surface area contributed by atoms with Gasteiger partial charge in [0.05, 0.1) is 47.8 Å². The van der Waals surface area contributed by atoms with Gasteiger partial charge in [-0.05, 0) is 31.5 Å². The molecule has 0 spiro atoms. The van der Waals surface area contributed by atoms with E-state index in [0.29, 0.717) is 47.6 Å². The van der Waals surface area contributed by atoms with E-state index in [2.05, 4.69) is 20.2 Å². The van der Waals surface area contributed by atoms with Gasteiger partial charge in [-0.1, -0.05) is 0 Å². The molecule has 1 N–H and O–H groups in total. The molecular formula is C23H24F3N5O4. The third-order valence-corrected chi connectivity index (χ3v) is 5.79. The lowest BCUT2D eigenvalue weighted by Gasteiger charge is -2.29. The zero-order valence-electron chi connectivity index (χ0n) is 19.3. The molecule has 0 aliphatic carbocycles. The Morgan fingerprint density at radius 1 is 1.17 bits per heavy atom. The number of nitrogens with zero attached hydrogens (tertiary/aromatic N) is 4. The number of aromatic nitrogens is 2. The van der Waals surface area contributed by atoms with Crippen molar-refractivity contribution in [3.8, 4) is 5.75 Å². The number of benzene rings is 2. The zero-order chi connectivity index (χ0) is 25.3. The Morgan fingerprint density at radius 2 is 1.89 bits per heavy atom. The fourth-order valence-corrected chi connectivity index (χ4v) is 4.04. The Morgan fingerprint density at radius 3 is 2.51 bits per heavy atom. The first-order valence-electron chi connectivity index (χ1n) is 10.9. The third kappa shape index (κ3) is 5.21. The summed E-state index contributed by atoms with van der Waals surface area (Å²) in [6.45, 7) is 5.97. The van der Waals surface area contributed by atoms with Crippen LogP contribution in [0.4, 0.5) is 30.4 Å². The number of nitro benzene ring substituents is 1. The number of fused-ring (bicyclic) bond motifs is 1. The lowest BCUT2D eigenvalue weighted by molar-refractivity contribution is -0.385. The van der Waals surface area contributed by atoms with Crippen molar-refractivity contribution in [2.45, 2.75) is 26.1 Å². The molecule has 0 amide bonds. The first-order valence-corrected chi connectivity index (χ1v) is 10.9. The highest BCUT2D eigenvalue weighted by Crippen LogP contribution is 2.38. The smallest absolute Gasteiger partial charge is 0.416 e. The third-order valence-electron chi connectivity index (χ3n) is 5.79. The van der Waals surface area contributed by atoms with Crippen LogP contribution >= 0.6 is 0 Å². The minimum Gasteiger partial charge on any atom is -0.496 e. The fraction of sp³-hybridized carbons (Fsp3) is 0.391. The Hall–Kier alpha value is -3.67. The minimum atomic E-state index is -4.72. The highest BCUT2D eigenvalue weighted by Gasteiger charge is 2.33. The second-order valence-electron chi connectivity index (χ2n) is 8.20. The lowest BCUT2D eigenvalue weighted by Crippen LogP contribution is -2.36. The van der Waals surface area contributed by atoms with Crippen molar-refractivity contribution in [3.05, 3.63) is 57.4 Å². The molecule has 0 unspecified atom stereocenters. The van der Waals surface area contributed by atoms with Crippen LogP contribution in [-0.2, 0) is 10.9 Å². The number of nitrogens with one attached hydrogen (secondary N) is 1. The van der Waals surface area contributed by atoms with E-state index in [4.69, 9.17) is 9.47 Å². The first kappa shape index (κ1) is 24.5. The van der Waals surface area contributed by atoms with Crippen molar-refractivity contribution in [1.29, 1.82) is 0 Å². The number of anilines is 2. The predicted molar refractivity (Wildman–Crippen MR) is 124 cm³/mol. The second kappa shape index (κ2) is 9.53. The SMILES string of the molecule is COc1cc(N2CCOCC2)cc2nc(C)nc(N[C@H](C)c3cc([N+](=O)[O-])cc(C(F)(F)F)c3)c12. The Balaban J connectivity index is 1.76. The van der Waals surface area contributed by atoms with Crippen LogP contribution in [0, 0.1) is 17.0 Å². The maximum Gasteiger partial charge on any atom is 0.416 e. The summed E-state index contributed by atoms with van der Waals surface area (Å²) >= 11 is 0. The van der Waals surface area contributed by atoms with Crippen LogP contribution in [0.5, 0.6) is 5.75 Å². The van der Waals surface area contributed by atoms with Gasteiger partial charge in [-0.25, -0.2) is 9.97 Å². The van der Waals surface area contributed by atoms with Crippen molar-refractivity contribution in [3.63, 3.8) is 0 Å². The second-order valence-corrected chi connectivity index (χ2v) is 8.20. The van der Waals surface area contributed by atoms with Crippen LogP contribution < -0.4 is 15.0 Å². The minimum absolute atomic E-state index is 0.0971. The quantitative estimate of drug-likeness (QED) is 0.384. The molecule has 1 aliphatic rings. The van der Waals surface area contributed by atoms with E-state index in [9.17, 15) is 23.3 Å². The predicted octanol–water partition coefficient (Wildman–Crippen LogP) is 4.88. The summed E-state index contributed by atoms with van der Waals surface area (Å²) in [5.41, 5.74) is -0.127. The normalized spacial score (nSPS) is 15.2. The lowest BCUT2D eigenvalue weighted by atomic mass is 10.0. The molecule has 1 aliphatic heterocycles. The molecule has 9 nitrogen and oxygen atoms in total. The topological polar surface area (TPSA) is 103 Å². The number of ether oxygens (including phenoxy) is 2. The summed E-state index contributed by atoms with van der Waals surface area (Å²) in [6.07, 6.45) is -4.72. The Labute approximate surface area is 199 Å². The van der Waals surface area contributed by atoms with Crippen molar-refractivity contribution in [2.24, 2.45) is 0 Å². The number of alkyl halides is 3. The van der Waals surface area contributed by atoms with E-state index in [0.717, 1.165) is 30.9 Å². The van der Waals surface area contributed by atoms with Crippen molar-refractivity contribution >= 4 is 28.1 Å². The van der Waals surface area contributed by atoms with Gasteiger partial charge in [-0.15, -0.1) is 0 Å². The summed E-state index contributed by atoms with van der Waals surface area (Å²) in [5, 5.41) is 14.9. The first-order chi connectivity index (χ1) is 16.6. The summed E-state index contributed by atoms with van der Waals surface area (Å²) in [7, 11) is 1.51. The summed E-state index contributed by atoms with van der Waals surface area (Å²) in [5.74, 6) is 1.29. The van der Waals surface area contributed by atoms with Gasteiger partial charge in [0.25, 0.3) is 5.69 Å². The maximum absolute atomic E-state index is 13.4. The average Bonchev–Trinajstić information content (AvgIpc) is 2.82. The molecule has 1 saturated heterocycles. The molecule has 0 saturated carbocycles. The molecule has 0 radical (unpaired) electrons. The van der Waals surface area contributed by atoms with Crippen LogP contribution in [0.1, 0.15) is 29.9 Å². The van der Waals surface area contributed by atoms with Crippen LogP contribution in [0.15, 0.2) is 30.3 Å². The van der Waals surface area contributed by atoms with E-state index in [1.54, 1.807) is 13.8 Å². The van der Waals surface area contributed by atoms with Gasteiger partial charge in [-0.3, -0.25) is 10.1 Å². The summed E-state index contributed by atoms with van der Waals surface area (Å²) in [4.78, 5) is 21.6. The van der Waals surface area contributed by atoms with Crippen molar-refractivity contribution in [2.75, 3.05) is 43.6 Å². The van der Waals surface area contributed by atoms with E-state index in [-0.39, 0.29) is 5.56 Å². The van der Waals surface area contributed by atoms with Gasteiger partial charge in [0.15, 0.2) is 0 Å². The van der Waals surface area contributed by atoms with E-state index in [1.165, 1.54) is 7.11 Å². The number of hydrogen-bond acceptors (Lipinski definition) is 8. The number of non-ortho nitro benzene ring substituents is 1. The van der Waals surface area contributed by atoms with Crippen LogP contribution in [0.2, 0.25) is 0 Å². The highest BCUT2D eigenvalue weighted by atomic mass is 19.4. The molecule has 3 aromatic rings. The largest absolute Gasteiger partial charge is 0.496 e. The van der Waals surface area contributed by atoms with Crippen LogP contribution in [0.3, 0.4) is 0 Å². The summed E-state index contributed by atoms with van der Waals surface area (Å²) < 4.78 is 51.1. The molecule has 0 bridgehead atoms. The standard InChI is InChI=1S/C23H24F3N5O4/c1-13(15-8-16(23(24,25)26)10-18(9-15)31(32)33)27-22-21-19(28-14(2)29-22)11-17(12-20(21)34-3)30-4-6-35-7-5-30/h8-13H,4-7H2,1-3H3,(H,27,28,29)/t13-/m1/s1. The number of halogens is 3. The molecule has 1 fully saturated rings. The maximum atomic E-state index is 13.4. The monoisotopic (exact) mass is 491 g/mol. The van der Waals surface area contributed by atoms with Gasteiger partial charge in [-0.2, -0.15) is 13.2 Å². The molecule has 1 aromatic heterocycles. The number of nitro groups is 1. The van der Waals surface area contributed by atoms with Crippen molar-refractivity contribution in [1.82, 2.24) is 9.97 Å². The molecule has 186 valence electrons. The number of aryl methyl sites for hydroxylation is 1. The molecule has 35 heavy (non-hydrogen) atoms. The molecule has 4 rings (SSSR count). The Kier molecular flexibility index (Phi) is 6.66. The average molecular weight is 491 g/mol. The van der Waals surface area contributed by atoms with Crippen molar-refractivity contribution < 1.29 is 27.6 Å². The van der Waals surface area contributed by atoms with Gasteiger partial charge in [0, 0.05) is 37.0 Å². The van der Waals surface area contributed by atoms with E-state index < -0.39 is 28.4 Å². The number of morpholine rings is 1. The molecular weight excluding hydrogens is 467 g/mol. The molecule has 2 aromatic carbocycles.